The van der Waals surface area contributed by atoms with Crippen LogP contribution in [0.25, 0.3) is 0 Å². The molecule has 1 heterocycles. The van der Waals surface area contributed by atoms with E-state index in [-0.39, 0.29) is 5.95 Å². The van der Waals surface area contributed by atoms with E-state index in [2.05, 4.69) is 14.7 Å². The molecule has 0 aliphatic heterocycles. The van der Waals surface area contributed by atoms with Crippen LogP contribution in [0.5, 0.6) is 5.88 Å². The second-order valence-electron chi connectivity index (χ2n) is 4.83. The van der Waals surface area contributed by atoms with Crippen molar-refractivity contribution in [2.45, 2.75) is 12.4 Å². The summed E-state index contributed by atoms with van der Waals surface area (Å²) in [5, 5.41) is 0.352. The lowest BCUT2D eigenvalue weighted by Crippen LogP contribution is -2.23. The maximum Gasteiger partial charge on any atom is 0.423 e. The van der Waals surface area contributed by atoms with Crippen molar-refractivity contribution < 1.29 is 31.1 Å². The summed E-state index contributed by atoms with van der Waals surface area (Å²) < 4.78 is 79.7. The molecule has 0 N–H and O–H groups in total. The zero-order chi connectivity index (χ0) is 18.8. The van der Waals surface area contributed by atoms with Crippen molar-refractivity contribution in [1.29, 1.82) is 0 Å². The smallest absolute Gasteiger partial charge is 0.423 e. The maximum atomic E-state index is 12.9. The highest BCUT2D eigenvalue weighted by molar-refractivity contribution is 6.30. The Bertz CT molecular complexity index is 750. The molecule has 0 spiro atoms. The van der Waals surface area contributed by atoms with Gasteiger partial charge in [-0.25, -0.2) is 4.98 Å². The predicted octanol–water partition coefficient (Wildman–Crippen LogP) is 4.86. The maximum absolute atomic E-state index is 12.9. The fourth-order valence-corrected chi connectivity index (χ4v) is 1.96. The summed E-state index contributed by atoms with van der Waals surface area (Å²) >= 11 is 5.83. The van der Waals surface area contributed by atoms with E-state index in [1.54, 1.807) is 18.2 Å². The molecule has 0 radical (unpaired) electrons. The van der Waals surface area contributed by atoms with Crippen LogP contribution in [0.1, 0.15) is 5.56 Å². The lowest BCUT2D eigenvalue weighted by molar-refractivity contribution is -0.159. The fraction of sp³-hybridized carbons (Fsp3) is 0.286. The molecular formula is C14H10ClF6N3O. The minimum atomic E-state index is -4.96. The standard InChI is InChI=1S/C14H10ClF6N3O/c1-24(9-4-2-3-8(15)5-9)12-22-6-10(14(19,20)21)11(23-12)25-7-13(16,17)18/h2-6H,7H2,1H3. The summed E-state index contributed by atoms with van der Waals surface area (Å²) in [6, 6.07) is 6.21. The van der Waals surface area contributed by atoms with Crippen molar-refractivity contribution in [3.63, 3.8) is 0 Å². The molecule has 0 saturated heterocycles. The summed E-state index contributed by atoms with van der Waals surface area (Å²) in [6.07, 6.45) is -9.41. The van der Waals surface area contributed by atoms with Gasteiger partial charge in [0, 0.05) is 24.0 Å². The molecule has 136 valence electrons. The summed E-state index contributed by atoms with van der Waals surface area (Å²) in [4.78, 5) is 8.28. The van der Waals surface area contributed by atoms with Crippen molar-refractivity contribution >= 4 is 23.2 Å². The second kappa shape index (κ2) is 6.95. The molecule has 0 fully saturated rings. The number of hydrogen-bond donors (Lipinski definition) is 0. The second-order valence-corrected chi connectivity index (χ2v) is 5.27. The fourth-order valence-electron chi connectivity index (χ4n) is 1.77. The molecule has 4 nitrogen and oxygen atoms in total. The van der Waals surface area contributed by atoms with E-state index in [9.17, 15) is 26.3 Å². The van der Waals surface area contributed by atoms with Gasteiger partial charge in [0.05, 0.1) is 0 Å². The number of anilines is 2. The van der Waals surface area contributed by atoms with Gasteiger partial charge in [0.2, 0.25) is 11.8 Å². The van der Waals surface area contributed by atoms with Crippen LogP contribution in [0.15, 0.2) is 30.5 Å². The van der Waals surface area contributed by atoms with E-state index >= 15 is 0 Å². The molecule has 0 bridgehead atoms. The molecule has 0 saturated carbocycles. The van der Waals surface area contributed by atoms with Crippen molar-refractivity contribution in [2.24, 2.45) is 0 Å². The molecule has 1 aromatic heterocycles. The van der Waals surface area contributed by atoms with Gasteiger partial charge in [0.1, 0.15) is 5.56 Å². The third-order valence-electron chi connectivity index (χ3n) is 2.91. The van der Waals surface area contributed by atoms with Gasteiger partial charge in [0.25, 0.3) is 0 Å². The van der Waals surface area contributed by atoms with Crippen molar-refractivity contribution in [3.8, 4) is 5.88 Å². The van der Waals surface area contributed by atoms with Gasteiger partial charge in [-0.2, -0.15) is 31.3 Å². The zero-order valence-electron chi connectivity index (χ0n) is 12.5. The van der Waals surface area contributed by atoms with Gasteiger partial charge in [0.15, 0.2) is 6.61 Å². The SMILES string of the molecule is CN(c1cccc(Cl)c1)c1ncc(C(F)(F)F)c(OCC(F)(F)F)n1. The normalized spacial score (nSPS) is 12.2. The average Bonchev–Trinajstić information content (AvgIpc) is 2.50. The molecule has 25 heavy (non-hydrogen) atoms. The average molecular weight is 386 g/mol. The first-order valence-electron chi connectivity index (χ1n) is 6.60. The zero-order valence-corrected chi connectivity index (χ0v) is 13.2. The van der Waals surface area contributed by atoms with Crippen LogP contribution in [0.2, 0.25) is 5.02 Å². The van der Waals surface area contributed by atoms with E-state index < -0.39 is 30.4 Å². The van der Waals surface area contributed by atoms with E-state index in [1.807, 2.05) is 0 Å². The van der Waals surface area contributed by atoms with Crippen LogP contribution in [0.3, 0.4) is 0 Å². The number of aromatic nitrogens is 2. The van der Waals surface area contributed by atoms with Crippen LogP contribution >= 0.6 is 11.6 Å². The van der Waals surface area contributed by atoms with Gasteiger partial charge in [-0.1, -0.05) is 17.7 Å². The number of alkyl halides is 6. The summed E-state index contributed by atoms with van der Waals surface area (Å²) in [5.74, 6) is -1.49. The van der Waals surface area contributed by atoms with E-state index in [4.69, 9.17) is 11.6 Å². The van der Waals surface area contributed by atoms with E-state index in [1.165, 1.54) is 18.0 Å². The Kier molecular flexibility index (Phi) is 5.31. The number of nitrogens with zero attached hydrogens (tertiary/aromatic N) is 3. The number of benzene rings is 1. The summed E-state index contributed by atoms with van der Waals surface area (Å²) in [7, 11) is 1.42. The van der Waals surface area contributed by atoms with Crippen LogP contribution in [0, 0.1) is 0 Å². The van der Waals surface area contributed by atoms with Crippen molar-refractivity contribution in [1.82, 2.24) is 9.97 Å². The molecule has 0 aliphatic carbocycles. The molecular weight excluding hydrogens is 376 g/mol. The largest absolute Gasteiger partial charge is 0.467 e. The van der Waals surface area contributed by atoms with E-state index in [0.717, 1.165) is 0 Å². The van der Waals surface area contributed by atoms with Gasteiger partial charge in [-0.05, 0) is 18.2 Å². The van der Waals surface area contributed by atoms with Crippen molar-refractivity contribution in [3.05, 3.63) is 41.0 Å². The van der Waals surface area contributed by atoms with E-state index in [0.29, 0.717) is 16.9 Å². The van der Waals surface area contributed by atoms with Gasteiger partial charge in [-0.15, -0.1) is 0 Å². The summed E-state index contributed by atoms with van der Waals surface area (Å²) in [5.41, 5.74) is -1.07. The minimum Gasteiger partial charge on any atom is -0.467 e. The highest BCUT2D eigenvalue weighted by Gasteiger charge is 2.38. The number of hydrogen-bond acceptors (Lipinski definition) is 4. The van der Waals surface area contributed by atoms with Crippen LogP contribution < -0.4 is 9.64 Å². The summed E-state index contributed by atoms with van der Waals surface area (Å²) in [6.45, 7) is -1.91. The number of halogens is 7. The quantitative estimate of drug-likeness (QED) is 0.705. The van der Waals surface area contributed by atoms with Gasteiger partial charge in [-0.3, -0.25) is 0 Å². The molecule has 1 aromatic carbocycles. The van der Waals surface area contributed by atoms with Crippen LogP contribution in [-0.4, -0.2) is 29.8 Å². The lowest BCUT2D eigenvalue weighted by Gasteiger charge is -2.20. The Morgan fingerprint density at radius 3 is 2.40 bits per heavy atom. The predicted molar refractivity (Wildman–Crippen MR) is 78.1 cm³/mol. The first-order chi connectivity index (χ1) is 11.5. The molecule has 2 aromatic rings. The first kappa shape index (κ1) is 19.1. The van der Waals surface area contributed by atoms with Gasteiger partial charge < -0.3 is 9.64 Å². The Morgan fingerprint density at radius 1 is 1.16 bits per heavy atom. The topological polar surface area (TPSA) is 38.2 Å². The Hall–Kier alpha value is -2.23. The molecule has 2 rings (SSSR count). The number of ether oxygens (including phenoxy) is 1. The van der Waals surface area contributed by atoms with Crippen LogP contribution in [0.4, 0.5) is 38.0 Å². The Balaban J connectivity index is 2.40. The number of rotatable bonds is 4. The van der Waals surface area contributed by atoms with Gasteiger partial charge >= 0.3 is 12.4 Å². The Morgan fingerprint density at radius 2 is 1.84 bits per heavy atom. The molecule has 0 atom stereocenters. The highest BCUT2D eigenvalue weighted by Crippen LogP contribution is 2.36. The molecule has 0 aliphatic rings. The van der Waals surface area contributed by atoms with Crippen molar-refractivity contribution in [2.75, 3.05) is 18.6 Å². The Labute approximate surface area is 143 Å². The monoisotopic (exact) mass is 385 g/mol. The molecule has 0 amide bonds. The highest BCUT2D eigenvalue weighted by atomic mass is 35.5. The lowest BCUT2D eigenvalue weighted by atomic mass is 10.3. The van der Waals surface area contributed by atoms with Crippen LogP contribution in [-0.2, 0) is 6.18 Å². The third kappa shape index (κ3) is 5.12. The third-order valence-corrected chi connectivity index (χ3v) is 3.15. The molecule has 0 unspecified atom stereocenters. The molecule has 11 heteroatoms. The minimum absolute atomic E-state index is 0.285. The first-order valence-corrected chi connectivity index (χ1v) is 6.98.